The summed E-state index contributed by atoms with van der Waals surface area (Å²) >= 11 is 0. The quantitative estimate of drug-likeness (QED) is 0.268. The van der Waals surface area contributed by atoms with Crippen LogP contribution in [0.1, 0.15) is 15.9 Å². The van der Waals surface area contributed by atoms with Crippen molar-refractivity contribution >= 4 is 35.4 Å². The zero-order chi connectivity index (χ0) is 19.8. The number of nitrogens with zero attached hydrogens (tertiary/aromatic N) is 2. The second kappa shape index (κ2) is 8.85. The molecule has 2 N–H and O–H groups in total. The second-order valence-electron chi connectivity index (χ2n) is 5.07. The summed E-state index contributed by atoms with van der Waals surface area (Å²) in [4.78, 5) is 44.7. The lowest BCUT2D eigenvalue weighted by Crippen LogP contribution is -2.32. The molecule has 0 spiro atoms. The smallest absolute Gasteiger partial charge is 0.337 e. The van der Waals surface area contributed by atoms with Crippen LogP contribution < -0.4 is 10.7 Å². The van der Waals surface area contributed by atoms with Crippen molar-refractivity contribution in [2.45, 2.75) is 0 Å². The molecule has 0 aliphatic carbocycles. The second-order valence-corrected chi connectivity index (χ2v) is 5.07. The van der Waals surface area contributed by atoms with E-state index in [1.807, 2.05) is 5.43 Å². The van der Waals surface area contributed by atoms with Gasteiger partial charge in [-0.3, -0.25) is 19.7 Å². The number of carbonyl (C=O) groups is 3. The summed E-state index contributed by atoms with van der Waals surface area (Å²) in [6.45, 7) is 0. The van der Waals surface area contributed by atoms with Crippen molar-refractivity contribution in [1.29, 1.82) is 0 Å². The monoisotopic (exact) mass is 370 g/mol. The van der Waals surface area contributed by atoms with E-state index in [2.05, 4.69) is 15.2 Å². The number of hydrogen-bond donors (Lipinski definition) is 2. The van der Waals surface area contributed by atoms with Crippen molar-refractivity contribution in [1.82, 2.24) is 5.43 Å². The number of nitro benzene ring substituents is 1. The molecule has 0 radical (unpaired) electrons. The maximum atomic E-state index is 11.7. The van der Waals surface area contributed by atoms with Crippen LogP contribution in [-0.4, -0.2) is 36.0 Å². The van der Waals surface area contributed by atoms with Crippen LogP contribution in [0.15, 0.2) is 53.6 Å². The van der Waals surface area contributed by atoms with Crippen molar-refractivity contribution in [2.24, 2.45) is 5.10 Å². The standard InChI is InChI=1S/C17H14N4O6/c1-27-17(24)12-4-2-11(3-5-12)10-18-20-16(23)15(22)19-13-6-8-14(9-7-13)21(25)26/h2-10H,1H3,(H,19,22)(H,20,23)/b18-10-. The number of esters is 1. The first-order chi connectivity index (χ1) is 12.9. The van der Waals surface area contributed by atoms with Crippen LogP contribution >= 0.6 is 0 Å². The number of ether oxygens (including phenoxy) is 1. The first-order valence-electron chi connectivity index (χ1n) is 7.48. The first kappa shape index (κ1) is 19.2. The molecule has 27 heavy (non-hydrogen) atoms. The van der Waals surface area contributed by atoms with Crippen LogP contribution in [0.3, 0.4) is 0 Å². The molecule has 0 aliphatic rings. The van der Waals surface area contributed by atoms with E-state index in [9.17, 15) is 24.5 Å². The van der Waals surface area contributed by atoms with Gasteiger partial charge in [0.2, 0.25) is 0 Å². The molecule has 0 saturated carbocycles. The van der Waals surface area contributed by atoms with Gasteiger partial charge in [0.05, 0.1) is 23.8 Å². The number of carbonyl (C=O) groups excluding carboxylic acids is 3. The van der Waals surface area contributed by atoms with Crippen LogP contribution in [0, 0.1) is 10.1 Å². The predicted octanol–water partition coefficient (Wildman–Crippen LogP) is 1.47. The van der Waals surface area contributed by atoms with Crippen LogP contribution in [0.25, 0.3) is 0 Å². The summed E-state index contributed by atoms with van der Waals surface area (Å²) in [6, 6.07) is 11.2. The summed E-state index contributed by atoms with van der Waals surface area (Å²) in [5.74, 6) is -2.48. The number of benzene rings is 2. The Bertz CT molecular complexity index is 891. The molecule has 10 nitrogen and oxygen atoms in total. The highest BCUT2D eigenvalue weighted by Crippen LogP contribution is 2.15. The van der Waals surface area contributed by atoms with Gasteiger partial charge in [-0.2, -0.15) is 5.10 Å². The van der Waals surface area contributed by atoms with Gasteiger partial charge in [-0.25, -0.2) is 10.2 Å². The normalized spacial score (nSPS) is 10.3. The molecule has 0 saturated heterocycles. The fourth-order valence-corrected chi connectivity index (χ4v) is 1.89. The molecule has 0 unspecified atom stereocenters. The van der Waals surface area contributed by atoms with Crippen LogP contribution in [0.2, 0.25) is 0 Å². The molecular formula is C17H14N4O6. The van der Waals surface area contributed by atoms with Gasteiger partial charge < -0.3 is 10.1 Å². The molecule has 2 rings (SSSR count). The highest BCUT2D eigenvalue weighted by atomic mass is 16.6. The Morgan fingerprint density at radius 3 is 2.22 bits per heavy atom. The van der Waals surface area contributed by atoms with E-state index in [-0.39, 0.29) is 11.4 Å². The van der Waals surface area contributed by atoms with Gasteiger partial charge >= 0.3 is 17.8 Å². The first-order valence-corrected chi connectivity index (χ1v) is 7.48. The lowest BCUT2D eigenvalue weighted by atomic mass is 10.1. The minimum absolute atomic E-state index is 0.139. The molecule has 0 atom stereocenters. The van der Waals surface area contributed by atoms with Crippen LogP contribution in [0.5, 0.6) is 0 Å². The molecule has 2 amide bonds. The van der Waals surface area contributed by atoms with Gasteiger partial charge in [-0.05, 0) is 29.8 Å². The van der Waals surface area contributed by atoms with E-state index in [4.69, 9.17) is 0 Å². The maximum Gasteiger partial charge on any atom is 0.337 e. The Balaban J connectivity index is 1.88. The molecule has 0 heterocycles. The van der Waals surface area contributed by atoms with Gasteiger partial charge in [-0.15, -0.1) is 0 Å². The van der Waals surface area contributed by atoms with Crippen molar-refractivity contribution in [3.63, 3.8) is 0 Å². The largest absolute Gasteiger partial charge is 0.465 e. The molecule has 0 aromatic heterocycles. The molecule has 0 aliphatic heterocycles. The minimum Gasteiger partial charge on any atom is -0.465 e. The maximum absolute atomic E-state index is 11.7. The molecule has 10 heteroatoms. The Labute approximate surface area is 153 Å². The third kappa shape index (κ3) is 5.46. The fourth-order valence-electron chi connectivity index (χ4n) is 1.89. The van der Waals surface area contributed by atoms with Gasteiger partial charge in [0.25, 0.3) is 5.69 Å². The van der Waals surface area contributed by atoms with Crippen molar-refractivity contribution < 1.29 is 24.0 Å². The van der Waals surface area contributed by atoms with Gasteiger partial charge in [0.15, 0.2) is 0 Å². The topological polar surface area (TPSA) is 140 Å². The molecule has 0 bridgehead atoms. The number of hydrazone groups is 1. The van der Waals surface area contributed by atoms with Gasteiger partial charge in [0, 0.05) is 17.8 Å². The summed E-state index contributed by atoms with van der Waals surface area (Å²) in [6.07, 6.45) is 1.29. The highest BCUT2D eigenvalue weighted by molar-refractivity contribution is 6.39. The van der Waals surface area contributed by atoms with E-state index in [0.29, 0.717) is 11.1 Å². The number of non-ortho nitro benzene ring substituents is 1. The lowest BCUT2D eigenvalue weighted by molar-refractivity contribution is -0.384. The van der Waals surface area contributed by atoms with Crippen molar-refractivity contribution in [2.75, 3.05) is 12.4 Å². The Morgan fingerprint density at radius 1 is 1.04 bits per heavy atom. The fraction of sp³-hybridized carbons (Fsp3) is 0.0588. The van der Waals surface area contributed by atoms with Crippen molar-refractivity contribution in [3.8, 4) is 0 Å². The average Bonchev–Trinajstić information content (AvgIpc) is 2.68. The van der Waals surface area contributed by atoms with E-state index in [1.165, 1.54) is 49.7 Å². The van der Waals surface area contributed by atoms with Crippen molar-refractivity contribution in [3.05, 3.63) is 69.8 Å². The SMILES string of the molecule is COC(=O)c1ccc(/C=N\NC(=O)C(=O)Nc2ccc([N+](=O)[O-])cc2)cc1. The van der Waals surface area contributed by atoms with Crippen LogP contribution in [-0.2, 0) is 14.3 Å². The Morgan fingerprint density at radius 2 is 1.67 bits per heavy atom. The Kier molecular flexibility index (Phi) is 6.31. The number of nitro groups is 1. The summed E-state index contributed by atoms with van der Waals surface area (Å²) in [7, 11) is 1.27. The third-order valence-corrected chi connectivity index (χ3v) is 3.25. The number of hydrogen-bond acceptors (Lipinski definition) is 7. The zero-order valence-corrected chi connectivity index (χ0v) is 14.0. The minimum atomic E-state index is -1.02. The lowest BCUT2D eigenvalue weighted by Gasteiger charge is -2.03. The van der Waals surface area contributed by atoms with Crippen LogP contribution in [0.4, 0.5) is 11.4 Å². The molecule has 2 aromatic rings. The summed E-state index contributed by atoms with van der Waals surface area (Å²) in [5.41, 5.74) is 3.08. The number of nitrogens with one attached hydrogen (secondary N) is 2. The molecular weight excluding hydrogens is 356 g/mol. The van der Waals surface area contributed by atoms with E-state index in [1.54, 1.807) is 12.1 Å². The summed E-state index contributed by atoms with van der Waals surface area (Å²) < 4.78 is 4.57. The number of amides is 2. The molecule has 0 fully saturated rings. The Hall–Kier alpha value is -4.08. The van der Waals surface area contributed by atoms with E-state index in [0.717, 1.165) is 0 Å². The zero-order valence-electron chi connectivity index (χ0n) is 14.0. The number of anilines is 1. The third-order valence-electron chi connectivity index (χ3n) is 3.25. The highest BCUT2D eigenvalue weighted by Gasteiger charge is 2.13. The van der Waals surface area contributed by atoms with E-state index < -0.39 is 22.7 Å². The predicted molar refractivity (Wildman–Crippen MR) is 95.2 cm³/mol. The van der Waals surface area contributed by atoms with Gasteiger partial charge in [0.1, 0.15) is 0 Å². The number of rotatable bonds is 5. The molecule has 138 valence electrons. The molecule has 2 aromatic carbocycles. The van der Waals surface area contributed by atoms with Gasteiger partial charge in [-0.1, -0.05) is 12.1 Å². The number of methoxy groups -OCH3 is 1. The summed E-state index contributed by atoms with van der Waals surface area (Å²) in [5, 5.41) is 16.5. The average molecular weight is 370 g/mol. The van der Waals surface area contributed by atoms with E-state index >= 15 is 0 Å².